The van der Waals surface area contributed by atoms with Crippen LogP contribution in [0.4, 0.5) is 0 Å². The second-order valence-corrected chi connectivity index (χ2v) is 6.36. The average Bonchev–Trinajstić information content (AvgIpc) is 3.15. The summed E-state index contributed by atoms with van der Waals surface area (Å²) in [5.41, 5.74) is 2.17. The van der Waals surface area contributed by atoms with E-state index in [1.54, 1.807) is 6.20 Å². The Bertz CT molecular complexity index is 683. The van der Waals surface area contributed by atoms with E-state index < -0.39 is 0 Å². The van der Waals surface area contributed by atoms with Gasteiger partial charge in [-0.05, 0) is 31.4 Å². The van der Waals surface area contributed by atoms with E-state index in [-0.39, 0.29) is 11.8 Å². The zero-order valence-corrected chi connectivity index (χ0v) is 13.1. The van der Waals surface area contributed by atoms with E-state index in [0.717, 1.165) is 49.4 Å². The van der Waals surface area contributed by atoms with Crippen LogP contribution < -0.4 is 4.74 Å². The van der Waals surface area contributed by atoms with Gasteiger partial charge in [0.25, 0.3) is 0 Å². The van der Waals surface area contributed by atoms with Crippen LogP contribution in [0.15, 0.2) is 36.5 Å². The largest absolute Gasteiger partial charge is 0.493 e. The topological polar surface area (TPSA) is 58.2 Å². The first-order valence-electron chi connectivity index (χ1n) is 8.32. The molecular formula is C18H21N3O2. The lowest BCUT2D eigenvalue weighted by Crippen LogP contribution is -2.42. The van der Waals surface area contributed by atoms with E-state index in [1.165, 1.54) is 0 Å². The smallest absolute Gasteiger partial charge is 0.230 e. The van der Waals surface area contributed by atoms with Crippen molar-refractivity contribution in [2.24, 2.45) is 0 Å². The minimum Gasteiger partial charge on any atom is -0.493 e. The molecule has 0 unspecified atom stereocenters. The molecule has 0 bridgehead atoms. The second kappa shape index (κ2) is 6.07. The number of aromatic nitrogens is 2. The van der Waals surface area contributed by atoms with Gasteiger partial charge in [0, 0.05) is 36.5 Å². The van der Waals surface area contributed by atoms with Gasteiger partial charge in [-0.3, -0.25) is 9.89 Å². The number of carbonyl (C=O) groups excluding carboxylic acids is 1. The number of fused-ring (bicyclic) bond motifs is 1. The molecule has 0 saturated carbocycles. The number of H-pyrrole nitrogens is 1. The van der Waals surface area contributed by atoms with E-state index in [0.29, 0.717) is 12.5 Å². The first kappa shape index (κ1) is 14.3. The summed E-state index contributed by atoms with van der Waals surface area (Å²) < 4.78 is 5.69. The molecule has 23 heavy (non-hydrogen) atoms. The number of benzene rings is 1. The van der Waals surface area contributed by atoms with Gasteiger partial charge in [0.15, 0.2) is 0 Å². The lowest BCUT2D eigenvalue weighted by atomic mass is 9.89. The molecule has 1 saturated heterocycles. The van der Waals surface area contributed by atoms with Crippen molar-refractivity contribution in [2.45, 2.75) is 31.1 Å². The molecular weight excluding hydrogens is 290 g/mol. The van der Waals surface area contributed by atoms with Crippen molar-refractivity contribution >= 4 is 5.91 Å². The molecule has 0 radical (unpaired) electrons. The number of nitrogens with one attached hydrogen (secondary N) is 1. The van der Waals surface area contributed by atoms with Crippen LogP contribution in [0.1, 0.15) is 42.4 Å². The van der Waals surface area contributed by atoms with Crippen molar-refractivity contribution in [1.82, 2.24) is 15.1 Å². The van der Waals surface area contributed by atoms with Gasteiger partial charge in [-0.2, -0.15) is 5.10 Å². The molecule has 4 rings (SSSR count). The predicted octanol–water partition coefficient (Wildman–Crippen LogP) is 2.68. The third kappa shape index (κ3) is 2.71. The lowest BCUT2D eigenvalue weighted by molar-refractivity contribution is -0.134. The molecule has 5 nitrogen and oxygen atoms in total. The first-order chi connectivity index (χ1) is 11.3. The van der Waals surface area contributed by atoms with Crippen LogP contribution in [0.3, 0.4) is 0 Å². The quantitative estimate of drug-likeness (QED) is 0.927. The summed E-state index contributed by atoms with van der Waals surface area (Å²) in [7, 11) is 0. The minimum atomic E-state index is -0.0690. The molecule has 3 heterocycles. The summed E-state index contributed by atoms with van der Waals surface area (Å²) in [5, 5.41) is 7.10. The van der Waals surface area contributed by atoms with Crippen LogP contribution in [-0.4, -0.2) is 40.7 Å². The third-order valence-corrected chi connectivity index (χ3v) is 4.95. The Hall–Kier alpha value is -2.30. The first-order valence-corrected chi connectivity index (χ1v) is 8.32. The van der Waals surface area contributed by atoms with Gasteiger partial charge in [-0.15, -0.1) is 0 Å². The molecule has 2 atom stereocenters. The van der Waals surface area contributed by atoms with Gasteiger partial charge in [0.2, 0.25) is 5.91 Å². The normalized spacial score (nSPS) is 23.9. The van der Waals surface area contributed by atoms with Gasteiger partial charge >= 0.3 is 0 Å². The van der Waals surface area contributed by atoms with E-state index in [9.17, 15) is 4.79 Å². The number of hydrogen-bond acceptors (Lipinski definition) is 3. The predicted molar refractivity (Wildman–Crippen MR) is 86.4 cm³/mol. The van der Waals surface area contributed by atoms with Gasteiger partial charge in [-0.25, -0.2) is 0 Å². The number of rotatable bonds is 2. The average molecular weight is 311 g/mol. The number of amides is 1. The van der Waals surface area contributed by atoms with Crippen molar-refractivity contribution < 1.29 is 9.53 Å². The van der Waals surface area contributed by atoms with E-state index in [2.05, 4.69) is 10.2 Å². The van der Waals surface area contributed by atoms with E-state index in [4.69, 9.17) is 4.74 Å². The van der Waals surface area contributed by atoms with Gasteiger partial charge in [0.1, 0.15) is 5.75 Å². The summed E-state index contributed by atoms with van der Waals surface area (Å²) in [6.07, 6.45) is 4.70. The maximum Gasteiger partial charge on any atom is 0.230 e. The highest BCUT2D eigenvalue weighted by molar-refractivity contribution is 5.85. The van der Waals surface area contributed by atoms with Crippen LogP contribution in [0.5, 0.6) is 5.75 Å². The fourth-order valence-electron chi connectivity index (χ4n) is 3.74. The van der Waals surface area contributed by atoms with Crippen LogP contribution in [0, 0.1) is 0 Å². The SMILES string of the molecule is O=C([C@H]1CCOc2ccccc21)N1CCC[C@H](c2ccn[nH]2)C1. The number of piperidine rings is 1. The zero-order chi connectivity index (χ0) is 15.6. The van der Waals surface area contributed by atoms with Crippen molar-refractivity contribution in [2.75, 3.05) is 19.7 Å². The fourth-order valence-corrected chi connectivity index (χ4v) is 3.74. The second-order valence-electron chi connectivity index (χ2n) is 6.36. The molecule has 1 aromatic carbocycles. The summed E-state index contributed by atoms with van der Waals surface area (Å²) in [4.78, 5) is 15.1. The highest BCUT2D eigenvalue weighted by Crippen LogP contribution is 2.36. The highest BCUT2D eigenvalue weighted by atomic mass is 16.5. The van der Waals surface area contributed by atoms with Crippen molar-refractivity contribution in [1.29, 1.82) is 0 Å². The maximum atomic E-state index is 13.1. The Morgan fingerprint density at radius 3 is 3.04 bits per heavy atom. The van der Waals surface area contributed by atoms with Crippen molar-refractivity contribution in [3.63, 3.8) is 0 Å². The summed E-state index contributed by atoms with van der Waals surface area (Å²) in [5.74, 6) is 1.40. The van der Waals surface area contributed by atoms with E-state index in [1.807, 2.05) is 35.2 Å². The van der Waals surface area contributed by atoms with Crippen molar-refractivity contribution in [3.05, 3.63) is 47.8 Å². The number of para-hydroxylation sites is 1. The number of aromatic amines is 1. The number of ether oxygens (including phenoxy) is 1. The lowest BCUT2D eigenvalue weighted by Gasteiger charge is -2.36. The standard InChI is InChI=1S/C18H21N3O2/c22-18(15-8-11-23-17-6-2-1-5-14(15)17)21-10-3-4-13(12-21)16-7-9-19-20-16/h1-2,5-7,9,13,15H,3-4,8,10-12H2,(H,19,20)/t13-,15-/m0/s1. The third-order valence-electron chi connectivity index (χ3n) is 4.95. The molecule has 2 aromatic rings. The number of carbonyl (C=O) groups is 1. The summed E-state index contributed by atoms with van der Waals surface area (Å²) in [6, 6.07) is 9.94. The van der Waals surface area contributed by atoms with Crippen LogP contribution >= 0.6 is 0 Å². The minimum absolute atomic E-state index is 0.0690. The molecule has 2 aliphatic heterocycles. The molecule has 2 aliphatic rings. The van der Waals surface area contributed by atoms with E-state index >= 15 is 0 Å². The highest BCUT2D eigenvalue weighted by Gasteiger charge is 2.33. The number of nitrogens with zero attached hydrogens (tertiary/aromatic N) is 2. The maximum absolute atomic E-state index is 13.1. The van der Waals surface area contributed by atoms with Gasteiger partial charge in [0.05, 0.1) is 12.5 Å². The van der Waals surface area contributed by atoms with Crippen LogP contribution in [0.2, 0.25) is 0 Å². The van der Waals surface area contributed by atoms with Gasteiger partial charge in [-0.1, -0.05) is 18.2 Å². The monoisotopic (exact) mass is 311 g/mol. The van der Waals surface area contributed by atoms with Crippen LogP contribution in [0.25, 0.3) is 0 Å². The fraction of sp³-hybridized carbons (Fsp3) is 0.444. The molecule has 1 N–H and O–H groups in total. The molecule has 0 aliphatic carbocycles. The molecule has 1 aromatic heterocycles. The summed E-state index contributed by atoms with van der Waals surface area (Å²) in [6.45, 7) is 2.24. The Labute approximate surface area is 135 Å². The summed E-state index contributed by atoms with van der Waals surface area (Å²) >= 11 is 0. The van der Waals surface area contributed by atoms with Gasteiger partial charge < -0.3 is 9.64 Å². The Morgan fingerprint density at radius 2 is 2.17 bits per heavy atom. The van der Waals surface area contributed by atoms with Crippen molar-refractivity contribution in [3.8, 4) is 5.75 Å². The number of hydrogen-bond donors (Lipinski definition) is 1. The zero-order valence-electron chi connectivity index (χ0n) is 13.1. The Morgan fingerprint density at radius 1 is 1.26 bits per heavy atom. The number of likely N-dealkylation sites (tertiary alicyclic amines) is 1. The molecule has 1 amide bonds. The molecule has 0 spiro atoms. The molecule has 1 fully saturated rings. The van der Waals surface area contributed by atoms with Crippen LogP contribution in [-0.2, 0) is 4.79 Å². The Balaban J connectivity index is 1.53. The molecule has 5 heteroatoms. The Kier molecular flexibility index (Phi) is 3.77. The molecule has 120 valence electrons.